The predicted octanol–water partition coefficient (Wildman–Crippen LogP) is 1.66. The van der Waals surface area contributed by atoms with Gasteiger partial charge in [0.2, 0.25) is 0 Å². The zero-order chi connectivity index (χ0) is 17.4. The van der Waals surface area contributed by atoms with Crippen LogP contribution in [0.5, 0.6) is 0 Å². The number of benzene rings is 1. The minimum absolute atomic E-state index is 0.270. The first-order chi connectivity index (χ1) is 11.6. The lowest BCUT2D eigenvalue weighted by Crippen LogP contribution is -2.31. The van der Waals surface area contributed by atoms with Gasteiger partial charge in [0.25, 0.3) is 0 Å². The molecule has 132 valence electrons. The van der Waals surface area contributed by atoms with Gasteiger partial charge in [-0.15, -0.1) is 0 Å². The molecule has 0 atom stereocenters. The molecular weight excluding hydrogens is 314 g/mol. The summed E-state index contributed by atoms with van der Waals surface area (Å²) in [5.41, 5.74) is 1.90. The number of carbonyl (C=O) groups is 2. The Morgan fingerprint density at radius 1 is 1.00 bits per heavy atom. The standard InChI is InChI=1S/C17H23NO6/c1-13(19)21-9-7-18(8-10-22-14(2)20)16-5-3-15(4-6-16)17-23-11-12-24-17/h3-6,17H,7-12H2,1-2H3. The van der Waals surface area contributed by atoms with Crippen LogP contribution in [-0.4, -0.2) is 51.5 Å². The molecule has 0 aliphatic carbocycles. The van der Waals surface area contributed by atoms with Crippen molar-refractivity contribution in [2.45, 2.75) is 20.1 Å². The first kappa shape index (κ1) is 18.2. The Morgan fingerprint density at radius 2 is 1.50 bits per heavy atom. The normalized spacial score (nSPS) is 14.4. The quantitative estimate of drug-likeness (QED) is 0.668. The molecular formula is C17H23NO6. The molecule has 1 heterocycles. The fourth-order valence-electron chi connectivity index (χ4n) is 2.36. The molecule has 1 aliphatic rings. The minimum atomic E-state index is -0.319. The van der Waals surface area contributed by atoms with Crippen LogP contribution in [0.2, 0.25) is 0 Å². The molecule has 1 saturated heterocycles. The van der Waals surface area contributed by atoms with E-state index in [4.69, 9.17) is 18.9 Å². The van der Waals surface area contributed by atoms with Crippen molar-refractivity contribution < 1.29 is 28.5 Å². The predicted molar refractivity (Wildman–Crippen MR) is 86.6 cm³/mol. The van der Waals surface area contributed by atoms with E-state index in [2.05, 4.69) is 0 Å². The van der Waals surface area contributed by atoms with Gasteiger partial charge in [-0.1, -0.05) is 12.1 Å². The lowest BCUT2D eigenvalue weighted by Gasteiger charge is -2.25. The van der Waals surface area contributed by atoms with E-state index in [0.29, 0.717) is 26.3 Å². The summed E-state index contributed by atoms with van der Waals surface area (Å²) >= 11 is 0. The summed E-state index contributed by atoms with van der Waals surface area (Å²) in [6.07, 6.45) is -0.311. The Labute approximate surface area is 141 Å². The van der Waals surface area contributed by atoms with Crippen molar-refractivity contribution in [2.75, 3.05) is 44.4 Å². The molecule has 1 aliphatic heterocycles. The van der Waals surface area contributed by atoms with E-state index in [9.17, 15) is 9.59 Å². The molecule has 2 rings (SSSR count). The van der Waals surface area contributed by atoms with Crippen LogP contribution in [0.15, 0.2) is 24.3 Å². The topological polar surface area (TPSA) is 74.3 Å². The van der Waals surface area contributed by atoms with Gasteiger partial charge < -0.3 is 23.8 Å². The summed E-state index contributed by atoms with van der Waals surface area (Å²) in [5.74, 6) is -0.637. The molecule has 1 aromatic rings. The molecule has 0 bridgehead atoms. The van der Waals surface area contributed by atoms with Gasteiger partial charge in [0.05, 0.1) is 26.3 Å². The molecule has 1 aromatic carbocycles. The summed E-state index contributed by atoms with van der Waals surface area (Å²) in [6.45, 7) is 5.51. The smallest absolute Gasteiger partial charge is 0.302 e. The van der Waals surface area contributed by atoms with Gasteiger partial charge in [0.15, 0.2) is 6.29 Å². The van der Waals surface area contributed by atoms with Crippen LogP contribution < -0.4 is 4.90 Å². The van der Waals surface area contributed by atoms with Crippen molar-refractivity contribution in [3.05, 3.63) is 29.8 Å². The monoisotopic (exact) mass is 337 g/mol. The van der Waals surface area contributed by atoms with Crippen LogP contribution in [0.1, 0.15) is 25.7 Å². The Morgan fingerprint density at radius 3 is 1.96 bits per heavy atom. The fourth-order valence-corrected chi connectivity index (χ4v) is 2.36. The van der Waals surface area contributed by atoms with Gasteiger partial charge in [0.1, 0.15) is 13.2 Å². The highest BCUT2D eigenvalue weighted by Crippen LogP contribution is 2.25. The van der Waals surface area contributed by atoms with Gasteiger partial charge in [-0.2, -0.15) is 0 Å². The fraction of sp³-hybridized carbons (Fsp3) is 0.529. The van der Waals surface area contributed by atoms with E-state index in [1.165, 1.54) is 13.8 Å². The molecule has 0 aromatic heterocycles. The van der Waals surface area contributed by atoms with Crippen LogP contribution in [0.3, 0.4) is 0 Å². The highest BCUT2D eigenvalue weighted by Gasteiger charge is 2.18. The van der Waals surface area contributed by atoms with Crippen molar-refractivity contribution >= 4 is 17.6 Å². The number of rotatable bonds is 8. The third kappa shape index (κ3) is 5.82. The van der Waals surface area contributed by atoms with Gasteiger partial charge in [-0.05, 0) is 12.1 Å². The molecule has 0 saturated carbocycles. The van der Waals surface area contributed by atoms with Gasteiger partial charge in [-0.3, -0.25) is 9.59 Å². The van der Waals surface area contributed by atoms with E-state index >= 15 is 0 Å². The number of hydrogen-bond acceptors (Lipinski definition) is 7. The van der Waals surface area contributed by atoms with Crippen LogP contribution in [0.25, 0.3) is 0 Å². The minimum Gasteiger partial charge on any atom is -0.464 e. The second-order valence-corrected chi connectivity index (χ2v) is 5.33. The maximum absolute atomic E-state index is 10.9. The Hall–Kier alpha value is -2.12. The van der Waals surface area contributed by atoms with E-state index in [1.807, 2.05) is 29.2 Å². The maximum Gasteiger partial charge on any atom is 0.302 e. The van der Waals surface area contributed by atoms with Crippen LogP contribution >= 0.6 is 0 Å². The number of hydrogen-bond donors (Lipinski definition) is 0. The average Bonchev–Trinajstić information content (AvgIpc) is 3.07. The van der Waals surface area contributed by atoms with Gasteiger partial charge in [0, 0.05) is 25.1 Å². The lowest BCUT2D eigenvalue weighted by molar-refractivity contribution is -0.141. The third-order valence-electron chi connectivity index (χ3n) is 3.49. The van der Waals surface area contributed by atoms with E-state index < -0.39 is 0 Å². The second-order valence-electron chi connectivity index (χ2n) is 5.33. The molecule has 1 fully saturated rings. The number of anilines is 1. The summed E-state index contributed by atoms with van der Waals surface area (Å²) < 4.78 is 20.9. The molecule has 0 spiro atoms. The van der Waals surface area contributed by atoms with Crippen molar-refractivity contribution in [3.63, 3.8) is 0 Å². The summed E-state index contributed by atoms with van der Waals surface area (Å²) in [7, 11) is 0. The average molecular weight is 337 g/mol. The van der Waals surface area contributed by atoms with Crippen molar-refractivity contribution in [2.24, 2.45) is 0 Å². The first-order valence-corrected chi connectivity index (χ1v) is 7.91. The summed E-state index contributed by atoms with van der Waals surface area (Å²) in [5, 5.41) is 0. The molecule has 24 heavy (non-hydrogen) atoms. The van der Waals surface area contributed by atoms with E-state index in [0.717, 1.165) is 11.3 Å². The number of esters is 2. The molecule has 7 heteroatoms. The van der Waals surface area contributed by atoms with Crippen molar-refractivity contribution in [3.8, 4) is 0 Å². The molecule has 0 N–H and O–H groups in total. The third-order valence-corrected chi connectivity index (χ3v) is 3.49. The zero-order valence-electron chi connectivity index (χ0n) is 14.0. The molecule has 0 unspecified atom stereocenters. The maximum atomic E-state index is 10.9. The first-order valence-electron chi connectivity index (χ1n) is 7.91. The van der Waals surface area contributed by atoms with E-state index in [1.54, 1.807) is 0 Å². The number of nitrogens with zero attached hydrogens (tertiary/aromatic N) is 1. The largest absolute Gasteiger partial charge is 0.464 e. The lowest BCUT2D eigenvalue weighted by atomic mass is 10.2. The van der Waals surface area contributed by atoms with Crippen molar-refractivity contribution in [1.82, 2.24) is 0 Å². The Bertz CT molecular complexity index is 519. The number of carbonyl (C=O) groups excluding carboxylic acids is 2. The van der Waals surface area contributed by atoms with Gasteiger partial charge in [-0.25, -0.2) is 0 Å². The van der Waals surface area contributed by atoms with Crippen LogP contribution in [0.4, 0.5) is 5.69 Å². The SMILES string of the molecule is CC(=O)OCCN(CCOC(C)=O)c1ccc(C2OCCO2)cc1. The summed E-state index contributed by atoms with van der Waals surface area (Å²) in [6, 6.07) is 7.77. The zero-order valence-corrected chi connectivity index (χ0v) is 14.0. The Kier molecular flexibility index (Phi) is 7.02. The van der Waals surface area contributed by atoms with Crippen molar-refractivity contribution in [1.29, 1.82) is 0 Å². The molecule has 0 radical (unpaired) electrons. The second kappa shape index (κ2) is 9.24. The highest BCUT2D eigenvalue weighted by atomic mass is 16.7. The highest BCUT2D eigenvalue weighted by molar-refractivity contribution is 5.66. The molecule has 7 nitrogen and oxygen atoms in total. The van der Waals surface area contributed by atoms with Crippen LogP contribution in [0, 0.1) is 0 Å². The molecule has 0 amide bonds. The van der Waals surface area contributed by atoms with Gasteiger partial charge >= 0.3 is 11.9 Å². The van der Waals surface area contributed by atoms with Crippen LogP contribution in [-0.2, 0) is 28.5 Å². The Balaban J connectivity index is 1.97. The number of ether oxygens (including phenoxy) is 4. The summed E-state index contributed by atoms with van der Waals surface area (Å²) in [4.78, 5) is 23.8. The van der Waals surface area contributed by atoms with E-state index in [-0.39, 0.29) is 31.4 Å².